The molecule has 1 aliphatic rings. The quantitative estimate of drug-likeness (QED) is 0.824. The normalized spacial score (nSPS) is 16.2. The van der Waals surface area contributed by atoms with Gasteiger partial charge in [0.2, 0.25) is 5.91 Å². The zero-order valence-corrected chi connectivity index (χ0v) is 14.0. The number of amides is 1. The Kier molecular flexibility index (Phi) is 6.06. The monoisotopic (exact) mass is 354 g/mol. The molecule has 1 amide bonds. The molecule has 0 aliphatic carbocycles. The number of rotatable bonds is 6. The molecule has 2 N–H and O–H groups in total. The van der Waals surface area contributed by atoms with E-state index in [2.05, 4.69) is 28.2 Å². The second-order valence-electron chi connectivity index (χ2n) is 5.46. The van der Waals surface area contributed by atoms with Crippen LogP contribution in [0.1, 0.15) is 44.2 Å². The molecule has 0 spiro atoms. The predicted octanol–water partition coefficient (Wildman–Crippen LogP) is 3.21. The predicted molar refractivity (Wildman–Crippen MR) is 87.3 cm³/mol. The van der Waals surface area contributed by atoms with Gasteiger partial charge in [-0.05, 0) is 37.5 Å². The van der Waals surface area contributed by atoms with E-state index in [0.29, 0.717) is 18.7 Å². The van der Waals surface area contributed by atoms with E-state index in [-0.39, 0.29) is 11.9 Å². The topological polar surface area (TPSA) is 52.6 Å². The summed E-state index contributed by atoms with van der Waals surface area (Å²) in [6.07, 6.45) is 3.64. The smallest absolute Gasteiger partial charge is 0.223 e. The van der Waals surface area contributed by atoms with Crippen LogP contribution in [0.25, 0.3) is 0 Å². The lowest BCUT2D eigenvalue weighted by molar-refractivity contribution is -0.130. The third-order valence-electron chi connectivity index (χ3n) is 3.96. The largest absolute Gasteiger partial charge is 0.508 e. The maximum Gasteiger partial charge on any atom is 0.223 e. The molecule has 1 unspecified atom stereocenters. The maximum absolute atomic E-state index is 12.0. The summed E-state index contributed by atoms with van der Waals surface area (Å²) >= 11 is 3.43. The summed E-state index contributed by atoms with van der Waals surface area (Å²) in [4.78, 5) is 13.9. The number of halogens is 1. The van der Waals surface area contributed by atoms with Crippen LogP contribution < -0.4 is 5.32 Å². The number of likely N-dealkylation sites (tertiary alicyclic amines) is 1. The molecule has 5 heteroatoms. The summed E-state index contributed by atoms with van der Waals surface area (Å²) in [7, 11) is 0. The number of hydrogen-bond acceptors (Lipinski definition) is 3. The van der Waals surface area contributed by atoms with Gasteiger partial charge in [-0.2, -0.15) is 0 Å². The number of carbonyl (C=O) groups excluding carboxylic acids is 1. The van der Waals surface area contributed by atoms with E-state index in [0.717, 1.165) is 42.4 Å². The highest BCUT2D eigenvalue weighted by Crippen LogP contribution is 2.29. The molecule has 1 aromatic carbocycles. The Morgan fingerprint density at radius 3 is 2.81 bits per heavy atom. The van der Waals surface area contributed by atoms with Crippen LogP contribution in [-0.4, -0.2) is 35.5 Å². The number of nitrogens with one attached hydrogen (secondary N) is 1. The first kappa shape index (κ1) is 16.3. The van der Waals surface area contributed by atoms with Gasteiger partial charge in [0, 0.05) is 42.1 Å². The average Bonchev–Trinajstić information content (AvgIpc) is 3.00. The van der Waals surface area contributed by atoms with Gasteiger partial charge in [-0.25, -0.2) is 0 Å². The zero-order chi connectivity index (χ0) is 15.2. The van der Waals surface area contributed by atoms with Crippen molar-refractivity contribution in [2.45, 2.75) is 38.6 Å². The van der Waals surface area contributed by atoms with Crippen molar-refractivity contribution >= 4 is 21.8 Å². The molecule has 0 saturated carbocycles. The van der Waals surface area contributed by atoms with Crippen molar-refractivity contribution in [1.29, 1.82) is 0 Å². The number of nitrogens with zero attached hydrogens (tertiary/aromatic N) is 1. The van der Waals surface area contributed by atoms with Crippen LogP contribution >= 0.6 is 15.9 Å². The van der Waals surface area contributed by atoms with Crippen LogP contribution in [0, 0.1) is 0 Å². The van der Waals surface area contributed by atoms with E-state index in [1.54, 1.807) is 6.07 Å². The number of aromatic hydroxyl groups is 1. The second-order valence-corrected chi connectivity index (χ2v) is 6.37. The molecule has 1 atom stereocenters. The molecule has 1 heterocycles. The molecule has 1 saturated heterocycles. The Morgan fingerprint density at radius 2 is 2.14 bits per heavy atom. The lowest BCUT2D eigenvalue weighted by Gasteiger charge is -2.20. The molecular formula is C16H23BrN2O2. The lowest BCUT2D eigenvalue weighted by atomic mass is 10.0. The first-order valence-corrected chi connectivity index (χ1v) is 8.40. The van der Waals surface area contributed by atoms with Crippen LogP contribution in [0.5, 0.6) is 5.75 Å². The van der Waals surface area contributed by atoms with Gasteiger partial charge in [0.25, 0.3) is 0 Å². The van der Waals surface area contributed by atoms with Crippen molar-refractivity contribution in [3.05, 3.63) is 28.2 Å². The van der Waals surface area contributed by atoms with E-state index >= 15 is 0 Å². The fourth-order valence-corrected chi connectivity index (χ4v) is 3.14. The Bertz CT molecular complexity index is 487. The van der Waals surface area contributed by atoms with Crippen LogP contribution in [0.15, 0.2) is 22.7 Å². The van der Waals surface area contributed by atoms with E-state index in [1.807, 2.05) is 17.0 Å². The number of phenolic OH excluding ortho intramolecular Hbond substituents is 1. The fraction of sp³-hybridized carbons (Fsp3) is 0.562. The lowest BCUT2D eigenvalue weighted by Crippen LogP contribution is -2.31. The molecular weight excluding hydrogens is 332 g/mol. The Balaban J connectivity index is 1.87. The zero-order valence-electron chi connectivity index (χ0n) is 12.4. The van der Waals surface area contributed by atoms with Crippen molar-refractivity contribution in [2.75, 3.05) is 19.6 Å². The Labute approximate surface area is 134 Å². The molecule has 21 heavy (non-hydrogen) atoms. The van der Waals surface area contributed by atoms with Crippen molar-refractivity contribution in [2.24, 2.45) is 0 Å². The minimum Gasteiger partial charge on any atom is -0.508 e. The van der Waals surface area contributed by atoms with Gasteiger partial charge in [-0.3, -0.25) is 4.79 Å². The minimum atomic E-state index is 0.0638. The average molecular weight is 355 g/mol. The van der Waals surface area contributed by atoms with E-state index in [1.165, 1.54) is 0 Å². The molecule has 116 valence electrons. The van der Waals surface area contributed by atoms with Crippen molar-refractivity contribution in [3.63, 3.8) is 0 Å². The summed E-state index contributed by atoms with van der Waals surface area (Å²) < 4.78 is 0.948. The fourth-order valence-electron chi connectivity index (χ4n) is 2.76. The summed E-state index contributed by atoms with van der Waals surface area (Å²) in [5, 5.41) is 13.4. The van der Waals surface area contributed by atoms with Crippen LogP contribution in [0.3, 0.4) is 0 Å². The van der Waals surface area contributed by atoms with Crippen LogP contribution in [-0.2, 0) is 4.79 Å². The van der Waals surface area contributed by atoms with Gasteiger partial charge in [-0.15, -0.1) is 0 Å². The summed E-state index contributed by atoms with van der Waals surface area (Å²) in [5.41, 5.74) is 0.875. The molecule has 0 bridgehead atoms. The van der Waals surface area contributed by atoms with E-state index in [4.69, 9.17) is 0 Å². The highest BCUT2D eigenvalue weighted by Gasteiger charge is 2.18. The van der Waals surface area contributed by atoms with Gasteiger partial charge >= 0.3 is 0 Å². The molecule has 1 fully saturated rings. The van der Waals surface area contributed by atoms with Crippen molar-refractivity contribution in [3.8, 4) is 5.75 Å². The molecule has 1 aromatic rings. The molecule has 2 rings (SSSR count). The number of carbonyl (C=O) groups is 1. The summed E-state index contributed by atoms with van der Waals surface area (Å²) in [5.74, 6) is 0.525. The van der Waals surface area contributed by atoms with Gasteiger partial charge < -0.3 is 15.3 Å². The highest BCUT2D eigenvalue weighted by molar-refractivity contribution is 9.10. The third-order valence-corrected chi connectivity index (χ3v) is 4.45. The number of phenols is 1. The van der Waals surface area contributed by atoms with E-state index < -0.39 is 0 Å². The minimum absolute atomic E-state index is 0.0638. The van der Waals surface area contributed by atoms with Crippen molar-refractivity contribution < 1.29 is 9.90 Å². The van der Waals surface area contributed by atoms with E-state index in [9.17, 15) is 9.90 Å². The molecule has 1 aliphatic heterocycles. The molecule has 4 nitrogen and oxygen atoms in total. The Hall–Kier alpha value is -1.07. The van der Waals surface area contributed by atoms with Gasteiger partial charge in [-0.1, -0.05) is 22.9 Å². The SMILES string of the molecule is CCC(NCCC(=O)N1CCCC1)c1cc(Br)ccc1O. The first-order valence-electron chi connectivity index (χ1n) is 7.61. The molecule has 0 aromatic heterocycles. The highest BCUT2D eigenvalue weighted by atomic mass is 79.9. The van der Waals surface area contributed by atoms with Crippen LogP contribution in [0.2, 0.25) is 0 Å². The Morgan fingerprint density at radius 1 is 1.43 bits per heavy atom. The number of benzene rings is 1. The van der Waals surface area contributed by atoms with Gasteiger partial charge in [0.05, 0.1) is 0 Å². The number of hydrogen-bond donors (Lipinski definition) is 2. The summed E-state index contributed by atoms with van der Waals surface area (Å²) in [6.45, 7) is 4.52. The van der Waals surface area contributed by atoms with Crippen LogP contribution in [0.4, 0.5) is 0 Å². The van der Waals surface area contributed by atoms with Crippen molar-refractivity contribution in [1.82, 2.24) is 10.2 Å². The van der Waals surface area contributed by atoms with Gasteiger partial charge in [0.15, 0.2) is 0 Å². The summed E-state index contributed by atoms with van der Waals surface area (Å²) in [6, 6.07) is 5.51. The van der Waals surface area contributed by atoms with Gasteiger partial charge in [0.1, 0.15) is 5.75 Å². The second kappa shape index (κ2) is 7.80. The molecule has 0 radical (unpaired) electrons. The maximum atomic E-state index is 12.0. The standard InChI is InChI=1S/C16H23BrN2O2/c1-2-14(13-11-12(17)5-6-15(13)20)18-8-7-16(21)19-9-3-4-10-19/h5-6,11,14,18,20H,2-4,7-10H2,1H3. The first-order chi connectivity index (χ1) is 10.1. The third kappa shape index (κ3) is 4.45.